The van der Waals surface area contributed by atoms with E-state index < -0.39 is 0 Å². The molecule has 130 valence electrons. The predicted molar refractivity (Wildman–Crippen MR) is 98.0 cm³/mol. The summed E-state index contributed by atoms with van der Waals surface area (Å²) in [5.74, 6) is 3.77. The van der Waals surface area contributed by atoms with E-state index in [1.165, 1.54) is 0 Å². The van der Waals surface area contributed by atoms with Gasteiger partial charge in [0.2, 0.25) is 11.8 Å². The topological polar surface area (TPSA) is 68.5 Å². The molecule has 0 N–H and O–H groups in total. The van der Waals surface area contributed by atoms with Crippen molar-refractivity contribution >= 4 is 11.6 Å². The van der Waals surface area contributed by atoms with Crippen molar-refractivity contribution in [2.75, 3.05) is 18.6 Å². The maximum Gasteiger partial charge on any atom is 0.258 e. The van der Waals surface area contributed by atoms with Crippen LogP contribution >= 0.6 is 0 Å². The summed E-state index contributed by atoms with van der Waals surface area (Å²) in [6, 6.07) is 14.2. The molecule has 0 unspecified atom stereocenters. The molecule has 0 fully saturated rings. The Morgan fingerprint density at radius 3 is 2.65 bits per heavy atom. The molecule has 1 heterocycles. The van der Waals surface area contributed by atoms with Crippen LogP contribution < -0.4 is 9.64 Å². The van der Waals surface area contributed by atoms with Gasteiger partial charge in [-0.1, -0.05) is 12.0 Å². The second kappa shape index (κ2) is 7.53. The number of aryl methyl sites for hydroxylation is 1. The number of hydrogen-bond acceptors (Lipinski definition) is 5. The first-order valence-corrected chi connectivity index (χ1v) is 7.93. The van der Waals surface area contributed by atoms with Crippen LogP contribution in [0.5, 0.6) is 5.75 Å². The highest BCUT2D eigenvalue weighted by molar-refractivity contribution is 6.06. The highest BCUT2D eigenvalue weighted by atomic mass is 16.5. The molecule has 6 heteroatoms. The molecule has 6 nitrogen and oxygen atoms in total. The molecule has 0 saturated heterocycles. The fourth-order valence-electron chi connectivity index (χ4n) is 2.40. The van der Waals surface area contributed by atoms with Crippen LogP contribution in [0.15, 0.2) is 52.9 Å². The highest BCUT2D eigenvalue weighted by Gasteiger charge is 2.15. The Bertz CT molecular complexity index is 955. The third-order valence-corrected chi connectivity index (χ3v) is 3.73. The molecule has 0 aliphatic rings. The summed E-state index contributed by atoms with van der Waals surface area (Å²) in [7, 11) is 1.71. The van der Waals surface area contributed by atoms with Crippen LogP contribution in [0.1, 0.15) is 16.2 Å². The first-order valence-electron chi connectivity index (χ1n) is 7.93. The highest BCUT2D eigenvalue weighted by Crippen LogP contribution is 2.23. The van der Waals surface area contributed by atoms with Gasteiger partial charge in [0, 0.05) is 30.8 Å². The van der Waals surface area contributed by atoms with Gasteiger partial charge < -0.3 is 14.1 Å². The molecule has 0 saturated carbocycles. The Morgan fingerprint density at radius 1 is 1.23 bits per heavy atom. The van der Waals surface area contributed by atoms with E-state index in [1.807, 2.05) is 6.07 Å². The van der Waals surface area contributed by atoms with Crippen molar-refractivity contribution in [2.45, 2.75) is 6.92 Å². The molecule has 0 spiro atoms. The fourth-order valence-corrected chi connectivity index (χ4v) is 2.40. The lowest BCUT2D eigenvalue weighted by Gasteiger charge is -2.18. The standard InChI is InChI=1S/C20H17N3O3/c1-4-12-25-18-10-8-17(9-11-18)23(3)20(24)16-7-5-6-15(13-16)19-22-21-14(2)26-19/h1,5-11,13H,12H2,2-3H3. The third kappa shape index (κ3) is 3.73. The fraction of sp³-hybridized carbons (Fsp3) is 0.150. The van der Waals surface area contributed by atoms with Gasteiger partial charge in [-0.05, 0) is 42.5 Å². The van der Waals surface area contributed by atoms with Crippen molar-refractivity contribution in [3.05, 3.63) is 60.0 Å². The van der Waals surface area contributed by atoms with Crippen molar-refractivity contribution in [3.63, 3.8) is 0 Å². The first-order chi connectivity index (χ1) is 12.6. The van der Waals surface area contributed by atoms with E-state index in [0.29, 0.717) is 28.7 Å². The molecule has 0 aliphatic carbocycles. The van der Waals surface area contributed by atoms with Gasteiger partial charge >= 0.3 is 0 Å². The zero-order chi connectivity index (χ0) is 18.5. The molecule has 2 aromatic carbocycles. The number of ether oxygens (including phenoxy) is 1. The number of aromatic nitrogens is 2. The van der Waals surface area contributed by atoms with Crippen LogP contribution in [0.4, 0.5) is 5.69 Å². The van der Waals surface area contributed by atoms with E-state index >= 15 is 0 Å². The van der Waals surface area contributed by atoms with Crippen molar-refractivity contribution in [3.8, 4) is 29.5 Å². The van der Waals surface area contributed by atoms with Gasteiger partial charge in [0.25, 0.3) is 5.91 Å². The molecule has 3 aromatic rings. The summed E-state index contributed by atoms with van der Waals surface area (Å²) >= 11 is 0. The van der Waals surface area contributed by atoms with Crippen LogP contribution in [-0.2, 0) is 0 Å². The molecule has 0 bridgehead atoms. The summed E-state index contributed by atoms with van der Waals surface area (Å²) in [6.45, 7) is 1.92. The maximum atomic E-state index is 12.8. The summed E-state index contributed by atoms with van der Waals surface area (Å²) in [5.41, 5.74) is 1.96. The normalized spacial score (nSPS) is 10.2. The van der Waals surface area contributed by atoms with Gasteiger partial charge in [0.15, 0.2) is 0 Å². The summed E-state index contributed by atoms with van der Waals surface area (Å²) < 4.78 is 10.8. The minimum absolute atomic E-state index is 0.152. The maximum absolute atomic E-state index is 12.8. The van der Waals surface area contributed by atoms with Crippen LogP contribution in [0.2, 0.25) is 0 Å². The van der Waals surface area contributed by atoms with Gasteiger partial charge in [-0.2, -0.15) is 0 Å². The van der Waals surface area contributed by atoms with Crippen LogP contribution in [0, 0.1) is 19.3 Å². The molecule has 0 aliphatic heterocycles. The third-order valence-electron chi connectivity index (χ3n) is 3.73. The molecule has 26 heavy (non-hydrogen) atoms. The largest absolute Gasteiger partial charge is 0.481 e. The van der Waals surface area contributed by atoms with E-state index in [2.05, 4.69) is 16.1 Å². The molecule has 0 radical (unpaired) electrons. The summed E-state index contributed by atoms with van der Waals surface area (Å²) in [4.78, 5) is 14.4. The number of carbonyl (C=O) groups excluding carboxylic acids is 1. The van der Waals surface area contributed by atoms with Crippen molar-refractivity contribution in [2.24, 2.45) is 0 Å². The number of carbonyl (C=O) groups is 1. The number of rotatable bonds is 5. The Hall–Kier alpha value is -3.59. The SMILES string of the molecule is C#CCOc1ccc(N(C)C(=O)c2cccc(-c3nnc(C)o3)c2)cc1. The lowest BCUT2D eigenvalue weighted by Crippen LogP contribution is -2.26. The molecule has 1 amide bonds. The zero-order valence-corrected chi connectivity index (χ0v) is 14.5. The Morgan fingerprint density at radius 2 is 2.00 bits per heavy atom. The van der Waals surface area contributed by atoms with E-state index in [-0.39, 0.29) is 12.5 Å². The average Bonchev–Trinajstić information content (AvgIpc) is 3.12. The van der Waals surface area contributed by atoms with Crippen LogP contribution in [-0.4, -0.2) is 29.8 Å². The van der Waals surface area contributed by atoms with Gasteiger partial charge in [-0.15, -0.1) is 16.6 Å². The number of anilines is 1. The van der Waals surface area contributed by atoms with E-state index in [4.69, 9.17) is 15.6 Å². The Kier molecular flexibility index (Phi) is 4.99. The quantitative estimate of drug-likeness (QED) is 0.662. The number of nitrogens with zero attached hydrogens (tertiary/aromatic N) is 3. The van der Waals surface area contributed by atoms with Crippen LogP contribution in [0.3, 0.4) is 0 Å². The molecular formula is C20H17N3O3. The van der Waals surface area contributed by atoms with Gasteiger partial charge in [0.05, 0.1) is 0 Å². The second-order valence-electron chi connectivity index (χ2n) is 5.56. The summed E-state index contributed by atoms with van der Waals surface area (Å²) in [5, 5.41) is 7.80. The van der Waals surface area contributed by atoms with Crippen LogP contribution in [0.25, 0.3) is 11.5 Å². The van der Waals surface area contributed by atoms with Gasteiger partial charge in [-0.25, -0.2) is 0 Å². The minimum atomic E-state index is -0.152. The predicted octanol–water partition coefficient (Wildman–Crippen LogP) is 3.33. The van der Waals surface area contributed by atoms with Gasteiger partial charge in [0.1, 0.15) is 12.4 Å². The van der Waals surface area contributed by atoms with E-state index in [1.54, 1.807) is 61.3 Å². The summed E-state index contributed by atoms with van der Waals surface area (Å²) in [6.07, 6.45) is 5.17. The molecule has 0 atom stereocenters. The monoisotopic (exact) mass is 347 g/mol. The van der Waals surface area contributed by atoms with Gasteiger partial charge in [-0.3, -0.25) is 4.79 Å². The van der Waals surface area contributed by atoms with Crippen molar-refractivity contribution in [1.29, 1.82) is 0 Å². The first kappa shape index (κ1) is 17.2. The lowest BCUT2D eigenvalue weighted by molar-refractivity contribution is 0.0993. The molecule has 1 aromatic heterocycles. The minimum Gasteiger partial charge on any atom is -0.481 e. The Balaban J connectivity index is 1.79. The second-order valence-corrected chi connectivity index (χ2v) is 5.56. The average molecular weight is 347 g/mol. The number of terminal acetylenes is 1. The zero-order valence-electron chi connectivity index (χ0n) is 14.5. The Labute approximate surface area is 151 Å². The number of amides is 1. The number of hydrogen-bond donors (Lipinski definition) is 0. The van der Waals surface area contributed by atoms with E-state index in [9.17, 15) is 4.79 Å². The van der Waals surface area contributed by atoms with Crippen molar-refractivity contribution in [1.82, 2.24) is 10.2 Å². The van der Waals surface area contributed by atoms with E-state index in [0.717, 1.165) is 5.69 Å². The number of benzene rings is 2. The smallest absolute Gasteiger partial charge is 0.258 e. The molecular weight excluding hydrogens is 330 g/mol. The molecule has 3 rings (SSSR count). The van der Waals surface area contributed by atoms with Crippen molar-refractivity contribution < 1.29 is 13.9 Å². The lowest BCUT2D eigenvalue weighted by atomic mass is 10.1.